The lowest BCUT2D eigenvalue weighted by Gasteiger charge is -2.18. The van der Waals surface area contributed by atoms with Crippen LogP contribution in [-0.2, 0) is 12.8 Å². The Bertz CT molecular complexity index is 869. The van der Waals surface area contributed by atoms with Gasteiger partial charge in [-0.2, -0.15) is 10.5 Å². The van der Waals surface area contributed by atoms with E-state index in [1.165, 1.54) is 49.7 Å². The Labute approximate surface area is 210 Å². The van der Waals surface area contributed by atoms with E-state index in [1.54, 1.807) is 0 Å². The fourth-order valence-electron chi connectivity index (χ4n) is 4.19. The van der Waals surface area contributed by atoms with E-state index in [0.29, 0.717) is 11.1 Å². The largest absolute Gasteiger partial charge is 0.192 e. The van der Waals surface area contributed by atoms with Gasteiger partial charge in [-0.1, -0.05) is 103 Å². The molecule has 0 aliphatic carbocycles. The van der Waals surface area contributed by atoms with Crippen LogP contribution in [0.1, 0.15) is 151 Å². The van der Waals surface area contributed by atoms with E-state index in [1.807, 2.05) is 0 Å². The van der Waals surface area contributed by atoms with Crippen molar-refractivity contribution in [1.29, 1.82) is 10.5 Å². The highest BCUT2D eigenvalue weighted by molar-refractivity contribution is 5.69. The van der Waals surface area contributed by atoms with Crippen LogP contribution in [-0.4, -0.2) is 0 Å². The summed E-state index contributed by atoms with van der Waals surface area (Å²) in [5.74, 6) is 13.3. The lowest BCUT2D eigenvalue weighted by Crippen LogP contribution is -2.09. The Morgan fingerprint density at radius 1 is 0.471 bits per heavy atom. The molecule has 1 aromatic rings. The van der Waals surface area contributed by atoms with Crippen molar-refractivity contribution in [2.24, 2.45) is 0 Å². The summed E-state index contributed by atoms with van der Waals surface area (Å²) in [6.07, 6.45) is 17.1. The SMILES string of the molecule is CCCCC#Cc1c(C#N)c(C#N)c(C#CCCCC)c(CCCCCC)c1CCCCCC. The molecular formula is C32H44N2. The standard InChI is InChI=1S/C32H44N2/c1-5-9-13-17-21-27-28(22-18-14-10-6-2)30(24-20-16-12-8-4)32(26-34)31(25-33)29(27)23-19-15-11-7-3/h5-18,21-22H2,1-4H3. The molecule has 0 spiro atoms. The molecule has 182 valence electrons. The van der Waals surface area contributed by atoms with E-state index in [0.717, 1.165) is 75.3 Å². The Balaban J connectivity index is 3.73. The van der Waals surface area contributed by atoms with Gasteiger partial charge in [-0.25, -0.2) is 0 Å². The zero-order valence-electron chi connectivity index (χ0n) is 22.2. The second-order valence-corrected chi connectivity index (χ2v) is 9.11. The van der Waals surface area contributed by atoms with Gasteiger partial charge in [0.15, 0.2) is 0 Å². The topological polar surface area (TPSA) is 47.6 Å². The van der Waals surface area contributed by atoms with Crippen LogP contribution < -0.4 is 0 Å². The van der Waals surface area contributed by atoms with E-state index in [2.05, 4.69) is 63.5 Å². The van der Waals surface area contributed by atoms with Gasteiger partial charge in [-0.3, -0.25) is 0 Å². The van der Waals surface area contributed by atoms with Crippen LogP contribution in [0.3, 0.4) is 0 Å². The van der Waals surface area contributed by atoms with Crippen molar-refractivity contribution in [2.45, 2.75) is 130 Å². The van der Waals surface area contributed by atoms with E-state index in [9.17, 15) is 10.5 Å². The highest BCUT2D eigenvalue weighted by Gasteiger charge is 2.22. The molecule has 0 N–H and O–H groups in total. The lowest BCUT2D eigenvalue weighted by molar-refractivity contribution is 0.649. The molecule has 0 saturated carbocycles. The summed E-state index contributed by atoms with van der Waals surface area (Å²) in [5.41, 5.74) is 4.86. The molecule has 0 atom stereocenters. The molecule has 0 amide bonds. The van der Waals surface area contributed by atoms with Crippen LogP contribution in [0.5, 0.6) is 0 Å². The monoisotopic (exact) mass is 456 g/mol. The van der Waals surface area contributed by atoms with Crippen molar-refractivity contribution in [2.75, 3.05) is 0 Å². The van der Waals surface area contributed by atoms with Crippen LogP contribution in [0.2, 0.25) is 0 Å². The predicted octanol–water partition coefficient (Wildman–Crippen LogP) is 8.76. The third-order valence-electron chi connectivity index (χ3n) is 6.24. The number of nitrogens with zero attached hydrogens (tertiary/aromatic N) is 2. The van der Waals surface area contributed by atoms with Gasteiger partial charge in [-0.05, 0) is 49.7 Å². The van der Waals surface area contributed by atoms with Gasteiger partial charge in [0.05, 0.1) is 11.1 Å². The van der Waals surface area contributed by atoms with E-state index >= 15 is 0 Å². The van der Waals surface area contributed by atoms with Gasteiger partial charge in [0.1, 0.15) is 12.1 Å². The Morgan fingerprint density at radius 3 is 1.18 bits per heavy atom. The molecular weight excluding hydrogens is 412 g/mol. The van der Waals surface area contributed by atoms with Crippen LogP contribution in [0.4, 0.5) is 0 Å². The Morgan fingerprint density at radius 2 is 0.853 bits per heavy atom. The first-order valence-electron chi connectivity index (χ1n) is 13.7. The molecule has 0 heterocycles. The summed E-state index contributed by atoms with van der Waals surface area (Å²) < 4.78 is 0. The average molecular weight is 457 g/mol. The van der Waals surface area contributed by atoms with Crippen LogP contribution in [0, 0.1) is 46.3 Å². The van der Waals surface area contributed by atoms with E-state index in [-0.39, 0.29) is 0 Å². The quantitative estimate of drug-likeness (QED) is 0.207. The fraction of sp³-hybridized carbons (Fsp3) is 0.625. The number of rotatable bonds is 14. The minimum absolute atomic E-state index is 0.439. The van der Waals surface area contributed by atoms with Gasteiger partial charge in [0.2, 0.25) is 0 Å². The molecule has 34 heavy (non-hydrogen) atoms. The molecule has 0 unspecified atom stereocenters. The average Bonchev–Trinajstić information content (AvgIpc) is 2.85. The van der Waals surface area contributed by atoms with Crippen molar-refractivity contribution < 1.29 is 0 Å². The maximum atomic E-state index is 10.1. The number of hydrogen-bond acceptors (Lipinski definition) is 2. The summed E-state index contributed by atoms with van der Waals surface area (Å²) in [7, 11) is 0. The molecule has 0 aromatic heterocycles. The van der Waals surface area contributed by atoms with Gasteiger partial charge in [0, 0.05) is 24.0 Å². The minimum Gasteiger partial charge on any atom is -0.192 e. The summed E-state index contributed by atoms with van der Waals surface area (Å²) >= 11 is 0. The van der Waals surface area contributed by atoms with Crippen LogP contribution in [0.15, 0.2) is 0 Å². The van der Waals surface area contributed by atoms with E-state index < -0.39 is 0 Å². The maximum Gasteiger partial charge on any atom is 0.102 e. The molecule has 0 radical (unpaired) electrons. The second-order valence-electron chi connectivity index (χ2n) is 9.11. The van der Waals surface area contributed by atoms with Gasteiger partial charge >= 0.3 is 0 Å². The molecule has 0 aliphatic heterocycles. The molecule has 0 aliphatic rings. The van der Waals surface area contributed by atoms with Gasteiger partial charge < -0.3 is 0 Å². The smallest absolute Gasteiger partial charge is 0.102 e. The fourth-order valence-corrected chi connectivity index (χ4v) is 4.19. The number of unbranched alkanes of at least 4 members (excludes halogenated alkanes) is 10. The third kappa shape index (κ3) is 9.67. The van der Waals surface area contributed by atoms with Gasteiger partial charge in [-0.15, -0.1) is 0 Å². The summed E-state index contributed by atoms with van der Waals surface area (Å²) in [6, 6.07) is 4.70. The third-order valence-corrected chi connectivity index (χ3v) is 6.24. The van der Waals surface area contributed by atoms with Crippen LogP contribution in [0.25, 0.3) is 0 Å². The first-order valence-corrected chi connectivity index (χ1v) is 13.7. The zero-order chi connectivity index (χ0) is 25.0. The van der Waals surface area contributed by atoms with Crippen molar-refractivity contribution in [3.8, 4) is 35.8 Å². The Hall–Kier alpha value is -2.68. The molecule has 0 fully saturated rings. The highest BCUT2D eigenvalue weighted by atomic mass is 14.3. The molecule has 1 rings (SSSR count). The number of nitriles is 2. The normalized spacial score (nSPS) is 9.94. The maximum absolute atomic E-state index is 10.1. The first-order chi connectivity index (χ1) is 16.7. The summed E-state index contributed by atoms with van der Waals surface area (Å²) in [4.78, 5) is 0. The lowest BCUT2D eigenvalue weighted by atomic mass is 9.83. The molecule has 1 aromatic carbocycles. The summed E-state index contributed by atoms with van der Waals surface area (Å²) in [6.45, 7) is 8.78. The zero-order valence-corrected chi connectivity index (χ0v) is 22.2. The minimum atomic E-state index is 0.439. The van der Waals surface area contributed by atoms with Crippen molar-refractivity contribution >= 4 is 0 Å². The molecule has 0 bridgehead atoms. The number of benzene rings is 1. The van der Waals surface area contributed by atoms with Gasteiger partial charge in [0.25, 0.3) is 0 Å². The molecule has 2 nitrogen and oxygen atoms in total. The number of hydrogen-bond donors (Lipinski definition) is 0. The molecule has 2 heteroatoms. The van der Waals surface area contributed by atoms with Crippen molar-refractivity contribution in [3.05, 3.63) is 33.4 Å². The van der Waals surface area contributed by atoms with Crippen molar-refractivity contribution in [3.63, 3.8) is 0 Å². The van der Waals surface area contributed by atoms with Crippen molar-refractivity contribution in [1.82, 2.24) is 0 Å². The highest BCUT2D eigenvalue weighted by Crippen LogP contribution is 2.30. The van der Waals surface area contributed by atoms with Crippen LogP contribution >= 0.6 is 0 Å². The molecule has 0 saturated heterocycles. The first kappa shape index (κ1) is 29.4. The summed E-state index contributed by atoms with van der Waals surface area (Å²) in [5, 5.41) is 20.2. The second kappa shape index (κ2) is 18.7. The van der Waals surface area contributed by atoms with E-state index in [4.69, 9.17) is 0 Å². The Kier molecular flexibility index (Phi) is 16.2. The predicted molar refractivity (Wildman–Crippen MR) is 144 cm³/mol.